The minimum Gasteiger partial charge on any atom is -0.453 e. The van der Waals surface area contributed by atoms with E-state index in [9.17, 15) is 22.8 Å². The van der Waals surface area contributed by atoms with E-state index in [0.29, 0.717) is 5.69 Å². The molecule has 0 aliphatic carbocycles. The second-order valence-corrected chi connectivity index (χ2v) is 5.11. The first kappa shape index (κ1) is 16.1. The molecule has 2 atom stereocenters. The van der Waals surface area contributed by atoms with Crippen LogP contribution >= 0.6 is 0 Å². The monoisotopic (exact) mass is 316 g/mol. The largest absolute Gasteiger partial charge is 0.453 e. The van der Waals surface area contributed by atoms with Crippen LogP contribution < -0.4 is 10.6 Å². The molecule has 2 amide bonds. The Morgan fingerprint density at radius 1 is 1.36 bits per heavy atom. The van der Waals surface area contributed by atoms with Crippen molar-refractivity contribution in [1.29, 1.82) is 0 Å². The summed E-state index contributed by atoms with van der Waals surface area (Å²) in [5, 5.41) is 5.04. The van der Waals surface area contributed by atoms with Crippen LogP contribution in [0.15, 0.2) is 18.2 Å². The summed E-state index contributed by atoms with van der Waals surface area (Å²) in [7, 11) is 1.10. The first-order valence-electron chi connectivity index (χ1n) is 6.59. The van der Waals surface area contributed by atoms with Gasteiger partial charge in [-0.1, -0.05) is 0 Å². The maximum atomic E-state index is 12.8. The summed E-state index contributed by atoms with van der Waals surface area (Å²) in [6.45, 7) is 1.80. The van der Waals surface area contributed by atoms with Gasteiger partial charge in [-0.3, -0.25) is 10.1 Å². The van der Waals surface area contributed by atoms with Gasteiger partial charge in [-0.2, -0.15) is 13.2 Å². The van der Waals surface area contributed by atoms with Crippen LogP contribution in [0, 0.1) is 0 Å². The fourth-order valence-corrected chi connectivity index (χ4v) is 2.45. The zero-order chi connectivity index (χ0) is 16.5. The fourth-order valence-electron chi connectivity index (χ4n) is 2.45. The lowest BCUT2D eigenvalue weighted by Gasteiger charge is -2.31. The molecule has 0 aromatic heterocycles. The second-order valence-electron chi connectivity index (χ2n) is 5.11. The predicted molar refractivity (Wildman–Crippen MR) is 72.4 cm³/mol. The molecule has 1 aliphatic rings. The number of benzene rings is 1. The van der Waals surface area contributed by atoms with Gasteiger partial charge in [0.05, 0.1) is 18.6 Å². The first-order valence-corrected chi connectivity index (χ1v) is 6.59. The van der Waals surface area contributed by atoms with E-state index >= 15 is 0 Å². The highest BCUT2D eigenvalue weighted by atomic mass is 19.4. The molecule has 1 aromatic rings. The lowest BCUT2D eigenvalue weighted by Crippen LogP contribution is -2.39. The van der Waals surface area contributed by atoms with E-state index in [1.165, 1.54) is 6.07 Å². The van der Waals surface area contributed by atoms with Gasteiger partial charge in [0.2, 0.25) is 5.91 Å². The summed E-state index contributed by atoms with van der Waals surface area (Å²) in [4.78, 5) is 23.3. The van der Waals surface area contributed by atoms with Crippen LogP contribution in [0.2, 0.25) is 0 Å². The summed E-state index contributed by atoms with van der Waals surface area (Å²) in [6.07, 6.45) is -5.16. The molecule has 0 saturated heterocycles. The molecule has 0 bridgehead atoms. The quantitative estimate of drug-likeness (QED) is 0.836. The highest BCUT2D eigenvalue weighted by molar-refractivity contribution is 5.96. The topological polar surface area (TPSA) is 67.4 Å². The number of ether oxygens (including phenoxy) is 1. The molecular weight excluding hydrogens is 301 g/mol. The molecule has 2 rings (SSSR count). The van der Waals surface area contributed by atoms with Crippen molar-refractivity contribution in [3.63, 3.8) is 0 Å². The molecule has 0 fully saturated rings. The number of hydrogen-bond acceptors (Lipinski definition) is 4. The van der Waals surface area contributed by atoms with Crippen LogP contribution in [-0.4, -0.2) is 25.2 Å². The maximum absolute atomic E-state index is 12.8. The van der Waals surface area contributed by atoms with Crippen LogP contribution in [0.4, 0.5) is 23.7 Å². The molecule has 1 aliphatic heterocycles. The molecule has 0 spiro atoms. The molecule has 120 valence electrons. The van der Waals surface area contributed by atoms with E-state index < -0.39 is 29.7 Å². The molecule has 8 heteroatoms. The number of alkyl halides is 3. The zero-order valence-electron chi connectivity index (χ0n) is 12.0. The summed E-state index contributed by atoms with van der Waals surface area (Å²) in [5.41, 5.74) is -0.162. The van der Waals surface area contributed by atoms with E-state index in [1.807, 2.05) is 5.32 Å². The van der Waals surface area contributed by atoms with Crippen molar-refractivity contribution >= 4 is 17.7 Å². The molecule has 0 radical (unpaired) electrons. The van der Waals surface area contributed by atoms with Crippen LogP contribution in [0.25, 0.3) is 0 Å². The zero-order valence-corrected chi connectivity index (χ0v) is 12.0. The van der Waals surface area contributed by atoms with Crippen molar-refractivity contribution in [2.75, 3.05) is 12.4 Å². The molecular formula is C14H15F3N2O3. The standard InChI is InChI=1S/C14H15F3N2O3/c1-7-5-10(12(20)19-13(21)22-2)9-6-8(14(15,16)17)3-4-11(9)18-7/h3-4,6-7,10,18H,5H2,1-2H3,(H,19,20,21)/t7-,10+/m0/s1. The van der Waals surface area contributed by atoms with Crippen molar-refractivity contribution in [2.24, 2.45) is 0 Å². The van der Waals surface area contributed by atoms with Gasteiger partial charge >= 0.3 is 12.3 Å². The Hall–Kier alpha value is -2.25. The lowest BCUT2D eigenvalue weighted by molar-refractivity contribution is -0.137. The minimum atomic E-state index is -4.50. The molecule has 1 aromatic carbocycles. The Bertz CT molecular complexity index is 601. The number of halogens is 3. The van der Waals surface area contributed by atoms with E-state index in [4.69, 9.17) is 0 Å². The smallest absolute Gasteiger partial charge is 0.416 e. The third-order valence-electron chi connectivity index (χ3n) is 3.47. The number of imide groups is 1. The van der Waals surface area contributed by atoms with Crippen LogP contribution in [0.1, 0.15) is 30.4 Å². The van der Waals surface area contributed by atoms with Gasteiger partial charge in [-0.05, 0) is 37.1 Å². The Kier molecular flexibility index (Phi) is 4.30. The number of rotatable bonds is 1. The number of nitrogens with one attached hydrogen (secondary N) is 2. The van der Waals surface area contributed by atoms with Crippen LogP contribution in [0.3, 0.4) is 0 Å². The number of methoxy groups -OCH3 is 1. The van der Waals surface area contributed by atoms with E-state index in [2.05, 4.69) is 10.1 Å². The molecule has 22 heavy (non-hydrogen) atoms. The molecule has 1 heterocycles. The number of hydrogen-bond donors (Lipinski definition) is 2. The van der Waals surface area contributed by atoms with Crippen LogP contribution in [-0.2, 0) is 15.7 Å². The van der Waals surface area contributed by atoms with Crippen molar-refractivity contribution in [1.82, 2.24) is 5.32 Å². The summed E-state index contributed by atoms with van der Waals surface area (Å²) < 4.78 is 42.8. The molecule has 2 N–H and O–H groups in total. The van der Waals surface area contributed by atoms with Crippen LogP contribution in [0.5, 0.6) is 0 Å². The van der Waals surface area contributed by atoms with Gasteiger partial charge in [-0.25, -0.2) is 4.79 Å². The number of amides is 2. The van der Waals surface area contributed by atoms with Gasteiger partial charge < -0.3 is 10.1 Å². The van der Waals surface area contributed by atoms with Crippen molar-refractivity contribution in [3.8, 4) is 0 Å². The third kappa shape index (κ3) is 3.32. The summed E-state index contributed by atoms with van der Waals surface area (Å²) in [5.74, 6) is -1.53. The van der Waals surface area contributed by atoms with Crippen molar-refractivity contribution in [2.45, 2.75) is 31.5 Å². The Balaban J connectivity index is 2.38. The van der Waals surface area contributed by atoms with Gasteiger partial charge in [0.15, 0.2) is 0 Å². The highest BCUT2D eigenvalue weighted by Gasteiger charge is 2.35. The highest BCUT2D eigenvalue weighted by Crippen LogP contribution is 2.39. The van der Waals surface area contributed by atoms with E-state index in [1.54, 1.807) is 6.92 Å². The number of alkyl carbamates (subject to hydrolysis) is 1. The summed E-state index contributed by atoms with van der Waals surface area (Å²) >= 11 is 0. The average molecular weight is 316 g/mol. The third-order valence-corrected chi connectivity index (χ3v) is 3.47. The molecule has 0 unspecified atom stereocenters. The van der Waals surface area contributed by atoms with Gasteiger partial charge in [0, 0.05) is 11.7 Å². The van der Waals surface area contributed by atoms with E-state index in [0.717, 1.165) is 19.2 Å². The van der Waals surface area contributed by atoms with Crippen molar-refractivity contribution in [3.05, 3.63) is 29.3 Å². The van der Waals surface area contributed by atoms with Gasteiger partial charge in [0.1, 0.15) is 0 Å². The normalized spacial score (nSPS) is 20.6. The molecule has 5 nitrogen and oxygen atoms in total. The number of fused-ring (bicyclic) bond motifs is 1. The number of anilines is 1. The minimum absolute atomic E-state index is 0.113. The average Bonchev–Trinajstić information content (AvgIpc) is 2.44. The van der Waals surface area contributed by atoms with Gasteiger partial charge in [-0.15, -0.1) is 0 Å². The lowest BCUT2D eigenvalue weighted by atomic mass is 9.86. The number of carbonyl (C=O) groups is 2. The first-order chi connectivity index (χ1) is 10.2. The Morgan fingerprint density at radius 3 is 2.64 bits per heavy atom. The fraction of sp³-hybridized carbons (Fsp3) is 0.429. The maximum Gasteiger partial charge on any atom is 0.416 e. The second kappa shape index (κ2) is 5.86. The van der Waals surface area contributed by atoms with E-state index in [-0.39, 0.29) is 18.0 Å². The number of carbonyl (C=O) groups excluding carboxylic acids is 2. The Labute approximate surface area is 124 Å². The SMILES string of the molecule is COC(=O)NC(=O)[C@@H]1C[C@H](C)Nc2ccc(C(F)(F)F)cc21. The Morgan fingerprint density at radius 2 is 2.05 bits per heavy atom. The summed E-state index contributed by atoms with van der Waals surface area (Å²) in [6, 6.07) is 3.08. The predicted octanol–water partition coefficient (Wildman–Crippen LogP) is 2.88. The van der Waals surface area contributed by atoms with Crippen molar-refractivity contribution < 1.29 is 27.5 Å². The molecule has 0 saturated carbocycles. The van der Waals surface area contributed by atoms with Gasteiger partial charge in [0.25, 0.3) is 0 Å².